The normalized spacial score (nSPS) is 10.0. The number of nitriles is 1. The molecule has 0 aliphatic rings. The van der Waals surface area contributed by atoms with Gasteiger partial charge >= 0.3 is 5.97 Å². The van der Waals surface area contributed by atoms with E-state index in [0.717, 1.165) is 0 Å². The number of benzene rings is 2. The van der Waals surface area contributed by atoms with Gasteiger partial charge in [-0.15, -0.1) is 0 Å². The maximum atomic E-state index is 12.2. The number of carbonyl (C=O) groups excluding carboxylic acids is 2. The van der Waals surface area contributed by atoms with E-state index < -0.39 is 5.97 Å². The summed E-state index contributed by atoms with van der Waals surface area (Å²) in [4.78, 5) is 23.9. The summed E-state index contributed by atoms with van der Waals surface area (Å²) in [5.41, 5.74) is 1.34. The van der Waals surface area contributed by atoms with Crippen LogP contribution in [0.2, 0.25) is 0 Å². The highest BCUT2D eigenvalue weighted by atomic mass is 16.6. The van der Waals surface area contributed by atoms with Gasteiger partial charge in [0.1, 0.15) is 0 Å². The van der Waals surface area contributed by atoms with Crippen LogP contribution in [-0.2, 0) is 4.79 Å². The SMILES string of the molecule is COc1cc(C#N)ccc1OC(=O)c1ccc(NC(=O)C(C)C)cc1. The number of amides is 1. The Kier molecular flexibility index (Phi) is 5.75. The zero-order valence-electron chi connectivity index (χ0n) is 14.2. The highest BCUT2D eigenvalue weighted by Crippen LogP contribution is 2.28. The lowest BCUT2D eigenvalue weighted by Crippen LogP contribution is -2.17. The monoisotopic (exact) mass is 338 g/mol. The topological polar surface area (TPSA) is 88.4 Å². The number of carbonyl (C=O) groups is 2. The van der Waals surface area contributed by atoms with Crippen LogP contribution in [0.15, 0.2) is 42.5 Å². The molecule has 0 saturated heterocycles. The lowest BCUT2D eigenvalue weighted by Gasteiger charge is -2.10. The van der Waals surface area contributed by atoms with Crippen LogP contribution in [0, 0.1) is 17.2 Å². The molecule has 0 aromatic heterocycles. The molecule has 2 aromatic carbocycles. The average Bonchev–Trinajstić information content (AvgIpc) is 2.62. The predicted octanol–water partition coefficient (Wildman–Crippen LogP) is 3.38. The fourth-order valence-electron chi connectivity index (χ4n) is 1.96. The van der Waals surface area contributed by atoms with E-state index in [4.69, 9.17) is 14.7 Å². The molecule has 0 spiro atoms. The molecule has 0 aliphatic heterocycles. The largest absolute Gasteiger partial charge is 0.493 e. The molecule has 128 valence electrons. The summed E-state index contributed by atoms with van der Waals surface area (Å²) in [5.74, 6) is -0.271. The first-order valence-electron chi connectivity index (χ1n) is 7.66. The first-order valence-corrected chi connectivity index (χ1v) is 7.66. The van der Waals surface area contributed by atoms with Crippen LogP contribution in [0.5, 0.6) is 11.5 Å². The van der Waals surface area contributed by atoms with E-state index in [9.17, 15) is 9.59 Å². The van der Waals surface area contributed by atoms with E-state index in [1.54, 1.807) is 38.1 Å². The molecule has 1 N–H and O–H groups in total. The van der Waals surface area contributed by atoms with Crippen molar-refractivity contribution in [3.63, 3.8) is 0 Å². The Hall–Kier alpha value is -3.33. The molecule has 0 radical (unpaired) electrons. The minimum absolute atomic E-state index is 0.0994. The number of esters is 1. The molecule has 0 bridgehead atoms. The van der Waals surface area contributed by atoms with Crippen molar-refractivity contribution in [1.29, 1.82) is 5.26 Å². The van der Waals surface area contributed by atoms with Gasteiger partial charge in [-0.25, -0.2) is 4.79 Å². The molecule has 0 atom stereocenters. The number of nitrogens with zero attached hydrogens (tertiary/aromatic N) is 1. The van der Waals surface area contributed by atoms with Gasteiger partial charge in [0.05, 0.1) is 24.3 Å². The first kappa shape index (κ1) is 18.0. The van der Waals surface area contributed by atoms with Gasteiger partial charge in [-0.05, 0) is 36.4 Å². The Morgan fingerprint density at radius 2 is 1.76 bits per heavy atom. The zero-order valence-corrected chi connectivity index (χ0v) is 14.2. The third kappa shape index (κ3) is 4.58. The van der Waals surface area contributed by atoms with Gasteiger partial charge in [-0.3, -0.25) is 4.79 Å². The van der Waals surface area contributed by atoms with Gasteiger partial charge in [0.15, 0.2) is 11.5 Å². The molecule has 1 amide bonds. The van der Waals surface area contributed by atoms with E-state index in [1.807, 2.05) is 6.07 Å². The highest BCUT2D eigenvalue weighted by molar-refractivity contribution is 5.94. The number of hydrogen-bond donors (Lipinski definition) is 1. The second-order valence-corrected chi connectivity index (χ2v) is 5.59. The molecule has 0 heterocycles. The summed E-state index contributed by atoms with van der Waals surface area (Å²) < 4.78 is 10.5. The van der Waals surface area contributed by atoms with Gasteiger partial charge in [0.25, 0.3) is 0 Å². The summed E-state index contributed by atoms with van der Waals surface area (Å²) in [6.45, 7) is 3.60. The third-order valence-electron chi connectivity index (χ3n) is 3.41. The molecule has 2 aromatic rings. The second kappa shape index (κ2) is 7.97. The number of methoxy groups -OCH3 is 1. The number of anilines is 1. The van der Waals surface area contributed by atoms with Crippen molar-refractivity contribution in [3.05, 3.63) is 53.6 Å². The van der Waals surface area contributed by atoms with Crippen molar-refractivity contribution >= 4 is 17.6 Å². The summed E-state index contributed by atoms with van der Waals surface area (Å²) >= 11 is 0. The van der Waals surface area contributed by atoms with Gasteiger partial charge in [0.2, 0.25) is 5.91 Å². The molecule has 2 rings (SSSR count). The van der Waals surface area contributed by atoms with Crippen molar-refractivity contribution in [2.24, 2.45) is 5.92 Å². The standard InChI is InChI=1S/C19H18N2O4/c1-12(2)18(22)21-15-7-5-14(6-8-15)19(23)25-16-9-4-13(11-20)10-17(16)24-3/h4-10,12H,1-3H3,(H,21,22). The van der Waals surface area contributed by atoms with Gasteiger partial charge in [0, 0.05) is 17.7 Å². The summed E-state index contributed by atoms with van der Waals surface area (Å²) in [6.07, 6.45) is 0. The number of rotatable bonds is 5. The van der Waals surface area contributed by atoms with Crippen molar-refractivity contribution in [2.75, 3.05) is 12.4 Å². The van der Waals surface area contributed by atoms with Crippen molar-refractivity contribution < 1.29 is 19.1 Å². The van der Waals surface area contributed by atoms with Crippen molar-refractivity contribution in [3.8, 4) is 17.6 Å². The maximum Gasteiger partial charge on any atom is 0.343 e. The van der Waals surface area contributed by atoms with Crippen molar-refractivity contribution in [2.45, 2.75) is 13.8 Å². The molecule has 6 nitrogen and oxygen atoms in total. The molecule has 25 heavy (non-hydrogen) atoms. The van der Waals surface area contributed by atoms with Crippen molar-refractivity contribution in [1.82, 2.24) is 0 Å². The Labute approximate surface area is 146 Å². The van der Waals surface area contributed by atoms with E-state index in [1.165, 1.54) is 25.3 Å². The zero-order chi connectivity index (χ0) is 18.4. The third-order valence-corrected chi connectivity index (χ3v) is 3.41. The molecule has 0 saturated carbocycles. The minimum Gasteiger partial charge on any atom is -0.493 e. The van der Waals surface area contributed by atoms with E-state index in [-0.39, 0.29) is 17.6 Å². The highest BCUT2D eigenvalue weighted by Gasteiger charge is 2.14. The fraction of sp³-hybridized carbons (Fsp3) is 0.211. The number of ether oxygens (including phenoxy) is 2. The van der Waals surface area contributed by atoms with Crippen LogP contribution in [0.4, 0.5) is 5.69 Å². The summed E-state index contributed by atoms with van der Waals surface area (Å²) in [6, 6.07) is 12.9. The van der Waals surface area contributed by atoms with Crippen LogP contribution in [-0.4, -0.2) is 19.0 Å². The average molecular weight is 338 g/mol. The smallest absolute Gasteiger partial charge is 0.343 e. The molecule has 0 aliphatic carbocycles. The minimum atomic E-state index is -0.565. The van der Waals surface area contributed by atoms with Gasteiger partial charge in [-0.2, -0.15) is 5.26 Å². The quantitative estimate of drug-likeness (QED) is 0.667. The van der Waals surface area contributed by atoms with Gasteiger partial charge in [-0.1, -0.05) is 13.8 Å². The van der Waals surface area contributed by atoms with E-state index in [2.05, 4.69) is 5.32 Å². The molecule has 0 unspecified atom stereocenters. The molecular weight excluding hydrogens is 320 g/mol. The Morgan fingerprint density at radius 1 is 1.08 bits per heavy atom. The Morgan fingerprint density at radius 3 is 2.32 bits per heavy atom. The van der Waals surface area contributed by atoms with Crippen LogP contribution < -0.4 is 14.8 Å². The second-order valence-electron chi connectivity index (χ2n) is 5.59. The fourth-order valence-corrected chi connectivity index (χ4v) is 1.96. The summed E-state index contributed by atoms with van der Waals surface area (Å²) in [7, 11) is 1.43. The van der Waals surface area contributed by atoms with Crippen LogP contribution >= 0.6 is 0 Å². The van der Waals surface area contributed by atoms with E-state index >= 15 is 0 Å². The molecular formula is C19H18N2O4. The van der Waals surface area contributed by atoms with E-state index in [0.29, 0.717) is 22.6 Å². The van der Waals surface area contributed by atoms with Crippen LogP contribution in [0.3, 0.4) is 0 Å². The Balaban J connectivity index is 2.11. The molecule has 0 fully saturated rings. The first-order chi connectivity index (χ1) is 11.9. The number of hydrogen-bond acceptors (Lipinski definition) is 5. The Bertz CT molecular complexity index is 820. The summed E-state index contributed by atoms with van der Waals surface area (Å²) in [5, 5.41) is 11.6. The van der Waals surface area contributed by atoms with Crippen LogP contribution in [0.1, 0.15) is 29.8 Å². The lowest BCUT2D eigenvalue weighted by molar-refractivity contribution is -0.118. The molecule has 6 heteroatoms. The lowest BCUT2D eigenvalue weighted by atomic mass is 10.1. The predicted molar refractivity (Wildman–Crippen MR) is 92.6 cm³/mol. The maximum absolute atomic E-state index is 12.2. The number of nitrogens with one attached hydrogen (secondary N) is 1. The van der Waals surface area contributed by atoms with Gasteiger partial charge < -0.3 is 14.8 Å². The van der Waals surface area contributed by atoms with Crippen LogP contribution in [0.25, 0.3) is 0 Å².